The molecule has 0 amide bonds. The van der Waals surface area contributed by atoms with Gasteiger partial charge in [0, 0.05) is 24.5 Å². The molecule has 17 heavy (non-hydrogen) atoms. The lowest BCUT2D eigenvalue weighted by atomic mass is 9.95. The van der Waals surface area contributed by atoms with E-state index in [9.17, 15) is 0 Å². The van der Waals surface area contributed by atoms with Crippen LogP contribution in [-0.2, 0) is 13.0 Å². The highest BCUT2D eigenvalue weighted by Gasteiger charge is 2.11. The lowest BCUT2D eigenvalue weighted by Crippen LogP contribution is -2.04. The second kappa shape index (κ2) is 5.87. The zero-order valence-corrected chi connectivity index (χ0v) is 10.8. The normalized spacial score (nSPS) is 12.6. The molecule has 0 fully saturated rings. The Hall–Kier alpha value is -1.28. The smallest absolute Gasteiger partial charge is 0.0521 e. The number of halogens is 1. The van der Waals surface area contributed by atoms with Crippen molar-refractivity contribution in [1.29, 1.82) is 0 Å². The summed E-state index contributed by atoms with van der Waals surface area (Å²) in [6, 6.07) is 10.4. The molecule has 0 aliphatic heterocycles. The van der Waals surface area contributed by atoms with E-state index in [-0.39, 0.29) is 0 Å². The molecule has 0 aliphatic carbocycles. The first kappa shape index (κ1) is 12.2. The van der Waals surface area contributed by atoms with E-state index in [0.717, 1.165) is 13.0 Å². The zero-order valence-electron chi connectivity index (χ0n) is 10.0. The fourth-order valence-electron chi connectivity index (χ4n) is 1.96. The van der Waals surface area contributed by atoms with Crippen LogP contribution in [-0.4, -0.2) is 15.7 Å². The first-order chi connectivity index (χ1) is 8.33. The average Bonchev–Trinajstić information content (AvgIpc) is 2.84. The topological polar surface area (TPSA) is 17.8 Å². The van der Waals surface area contributed by atoms with Gasteiger partial charge in [0.05, 0.1) is 6.20 Å². The predicted molar refractivity (Wildman–Crippen MR) is 71.5 cm³/mol. The summed E-state index contributed by atoms with van der Waals surface area (Å²) >= 11 is 6.07. The third kappa shape index (κ3) is 3.10. The number of hydrogen-bond acceptors (Lipinski definition) is 1. The second-order valence-electron chi connectivity index (χ2n) is 4.17. The standard InChI is InChI=1S/C14H17ClN2/c1-2-17-11-12(10-16-17)8-14(9-15)13-6-4-3-5-7-13/h3-7,10-11,14H,2,8-9H2,1H3. The molecule has 0 bridgehead atoms. The van der Waals surface area contributed by atoms with E-state index in [1.165, 1.54) is 11.1 Å². The van der Waals surface area contributed by atoms with Crippen molar-refractivity contribution in [3.05, 3.63) is 53.9 Å². The molecule has 0 saturated carbocycles. The Kier molecular flexibility index (Phi) is 4.21. The van der Waals surface area contributed by atoms with Gasteiger partial charge in [-0.15, -0.1) is 11.6 Å². The summed E-state index contributed by atoms with van der Waals surface area (Å²) in [6.45, 7) is 3.00. The quantitative estimate of drug-likeness (QED) is 0.741. The van der Waals surface area contributed by atoms with Crippen molar-refractivity contribution in [3.63, 3.8) is 0 Å². The molecular formula is C14H17ClN2. The molecule has 1 aromatic heterocycles. The first-order valence-electron chi connectivity index (χ1n) is 5.95. The number of aromatic nitrogens is 2. The van der Waals surface area contributed by atoms with Crippen LogP contribution in [0.5, 0.6) is 0 Å². The van der Waals surface area contributed by atoms with Gasteiger partial charge in [0.2, 0.25) is 0 Å². The van der Waals surface area contributed by atoms with Gasteiger partial charge in [0.15, 0.2) is 0 Å². The Morgan fingerprint density at radius 1 is 1.29 bits per heavy atom. The van der Waals surface area contributed by atoms with E-state index in [4.69, 9.17) is 11.6 Å². The van der Waals surface area contributed by atoms with Crippen LogP contribution in [0.15, 0.2) is 42.7 Å². The number of hydrogen-bond donors (Lipinski definition) is 0. The largest absolute Gasteiger partial charge is 0.273 e. The Balaban J connectivity index is 2.10. The van der Waals surface area contributed by atoms with Crippen LogP contribution in [0.4, 0.5) is 0 Å². The van der Waals surface area contributed by atoms with E-state index >= 15 is 0 Å². The first-order valence-corrected chi connectivity index (χ1v) is 6.49. The molecule has 0 N–H and O–H groups in total. The van der Waals surface area contributed by atoms with Gasteiger partial charge in [0.1, 0.15) is 0 Å². The summed E-state index contributed by atoms with van der Waals surface area (Å²) in [5.41, 5.74) is 2.55. The number of nitrogens with zero attached hydrogens (tertiary/aromatic N) is 2. The van der Waals surface area contributed by atoms with Crippen molar-refractivity contribution < 1.29 is 0 Å². The van der Waals surface area contributed by atoms with Gasteiger partial charge in [-0.25, -0.2) is 0 Å². The molecule has 2 aromatic rings. The molecule has 0 spiro atoms. The minimum atomic E-state index is 0.368. The van der Waals surface area contributed by atoms with E-state index in [2.05, 4.69) is 42.5 Å². The van der Waals surface area contributed by atoms with Crippen molar-refractivity contribution >= 4 is 11.6 Å². The van der Waals surface area contributed by atoms with Gasteiger partial charge >= 0.3 is 0 Å². The SMILES string of the molecule is CCn1cc(CC(CCl)c2ccccc2)cn1. The van der Waals surface area contributed by atoms with Crippen LogP contribution >= 0.6 is 11.6 Å². The zero-order chi connectivity index (χ0) is 12.1. The lowest BCUT2D eigenvalue weighted by Gasteiger charge is -2.12. The van der Waals surface area contributed by atoms with Crippen LogP contribution in [0, 0.1) is 0 Å². The number of alkyl halides is 1. The highest BCUT2D eigenvalue weighted by molar-refractivity contribution is 6.18. The van der Waals surface area contributed by atoms with Crippen molar-refractivity contribution in [1.82, 2.24) is 9.78 Å². The van der Waals surface area contributed by atoms with E-state index in [0.29, 0.717) is 11.8 Å². The van der Waals surface area contributed by atoms with Crippen LogP contribution in [0.1, 0.15) is 24.0 Å². The van der Waals surface area contributed by atoms with Gasteiger partial charge in [-0.1, -0.05) is 30.3 Å². The van der Waals surface area contributed by atoms with Crippen molar-refractivity contribution in [2.45, 2.75) is 25.8 Å². The van der Waals surface area contributed by atoms with Crippen molar-refractivity contribution in [2.24, 2.45) is 0 Å². The highest BCUT2D eigenvalue weighted by atomic mass is 35.5. The summed E-state index contributed by atoms with van der Waals surface area (Å²) in [6.07, 6.45) is 4.99. The van der Waals surface area contributed by atoms with Crippen LogP contribution < -0.4 is 0 Å². The predicted octanol–water partition coefficient (Wildman–Crippen LogP) is 3.47. The Bertz CT molecular complexity index is 450. The summed E-state index contributed by atoms with van der Waals surface area (Å²) in [5, 5.41) is 4.29. The second-order valence-corrected chi connectivity index (χ2v) is 4.48. The molecule has 0 radical (unpaired) electrons. The summed E-state index contributed by atoms with van der Waals surface area (Å²) in [4.78, 5) is 0. The Morgan fingerprint density at radius 2 is 2.06 bits per heavy atom. The Morgan fingerprint density at radius 3 is 2.65 bits per heavy atom. The van der Waals surface area contributed by atoms with Crippen LogP contribution in [0.25, 0.3) is 0 Å². The van der Waals surface area contributed by atoms with Gasteiger partial charge < -0.3 is 0 Å². The van der Waals surface area contributed by atoms with Crippen LogP contribution in [0.2, 0.25) is 0 Å². The number of rotatable bonds is 5. The molecule has 1 aromatic carbocycles. The highest BCUT2D eigenvalue weighted by Crippen LogP contribution is 2.21. The van der Waals surface area contributed by atoms with Crippen molar-refractivity contribution in [3.8, 4) is 0 Å². The maximum Gasteiger partial charge on any atom is 0.0521 e. The van der Waals surface area contributed by atoms with E-state index in [1.54, 1.807) is 0 Å². The maximum atomic E-state index is 6.07. The lowest BCUT2D eigenvalue weighted by molar-refractivity contribution is 0.658. The molecule has 3 heteroatoms. The van der Waals surface area contributed by atoms with Gasteiger partial charge in [-0.2, -0.15) is 5.10 Å². The van der Waals surface area contributed by atoms with E-state index in [1.807, 2.05) is 16.9 Å². The monoisotopic (exact) mass is 248 g/mol. The minimum absolute atomic E-state index is 0.368. The molecule has 90 valence electrons. The molecule has 1 unspecified atom stereocenters. The van der Waals surface area contributed by atoms with Gasteiger partial charge in [0.25, 0.3) is 0 Å². The molecule has 2 nitrogen and oxygen atoms in total. The summed E-state index contributed by atoms with van der Waals surface area (Å²) in [5.74, 6) is 1.01. The number of benzene rings is 1. The van der Waals surface area contributed by atoms with Gasteiger partial charge in [-0.05, 0) is 24.5 Å². The summed E-state index contributed by atoms with van der Waals surface area (Å²) in [7, 11) is 0. The van der Waals surface area contributed by atoms with Gasteiger partial charge in [-0.3, -0.25) is 4.68 Å². The van der Waals surface area contributed by atoms with E-state index < -0.39 is 0 Å². The fourth-order valence-corrected chi connectivity index (χ4v) is 2.24. The third-order valence-electron chi connectivity index (χ3n) is 2.95. The molecule has 1 atom stereocenters. The molecule has 0 saturated heterocycles. The Labute approximate surface area is 107 Å². The molecule has 0 aliphatic rings. The molecule has 1 heterocycles. The fraction of sp³-hybridized carbons (Fsp3) is 0.357. The number of aryl methyl sites for hydroxylation is 1. The van der Waals surface area contributed by atoms with Crippen molar-refractivity contribution in [2.75, 3.05) is 5.88 Å². The van der Waals surface area contributed by atoms with Crippen LogP contribution in [0.3, 0.4) is 0 Å². The minimum Gasteiger partial charge on any atom is -0.273 e. The molecule has 2 rings (SSSR count). The molecular weight excluding hydrogens is 232 g/mol. The maximum absolute atomic E-state index is 6.07. The average molecular weight is 249 g/mol. The third-order valence-corrected chi connectivity index (χ3v) is 3.32. The summed E-state index contributed by atoms with van der Waals surface area (Å²) < 4.78 is 1.95.